The number of imidazole rings is 1. The van der Waals surface area contributed by atoms with E-state index in [1.54, 1.807) is 36.7 Å². The second-order valence-electron chi connectivity index (χ2n) is 16.2. The molecule has 17 nitrogen and oxygen atoms in total. The maximum Gasteiger partial charge on any atom is 0.243 e. The lowest BCUT2D eigenvalue weighted by Crippen LogP contribution is -2.59. The van der Waals surface area contributed by atoms with Crippen LogP contribution in [0, 0.1) is 0 Å². The Bertz CT molecular complexity index is 2560. The Hall–Kier alpha value is -7.37. The van der Waals surface area contributed by atoms with Crippen LogP contribution in [0.25, 0.3) is 21.7 Å². The fourth-order valence-corrected chi connectivity index (χ4v) is 7.60. The van der Waals surface area contributed by atoms with Gasteiger partial charge in [-0.1, -0.05) is 91.0 Å². The van der Waals surface area contributed by atoms with Gasteiger partial charge in [0.2, 0.25) is 35.4 Å². The SMILES string of the molecule is C[C@H](NC(=O)[C@@H](Cc1ccc2ccccc2c1)NC(=O)[C@@H](N)Cc1cnc[nH]1)C(=O)N[C@@H](Cc1c[nH]c2ccccc12)C(=O)N[C@H](Cc1ccccc1)C(=O)N[C@@H](CCCCN)C(N)=O. The standard InChI is InChI=1S/C48H57N11O6/c1-29(55-46(63)41(58-45(62)37(50)25-35-27-52-28-54-35)23-31-18-19-32-13-5-6-14-33(32)21-31)44(61)57-42(24-34-26-53-38-16-8-7-15-36(34)38)48(65)59-40(22-30-11-3-2-4-12-30)47(64)56-39(43(51)60)17-9-10-20-49/h2-8,11-16,18-19,21,26-29,37,39-42,53H,9-10,17,20,22-25,49-50H2,1H3,(H2,51,60)(H,52,54)(H,55,63)(H,56,64)(H,57,61)(H,58,62)(H,59,65)/t29-,37-,39-,40+,41+,42-/m0/s1. The Morgan fingerprint density at radius 3 is 1.94 bits per heavy atom. The van der Waals surface area contributed by atoms with Gasteiger partial charge in [0.25, 0.3) is 0 Å². The molecule has 0 aliphatic heterocycles. The fraction of sp³-hybridized carbons (Fsp3) is 0.312. The smallest absolute Gasteiger partial charge is 0.243 e. The van der Waals surface area contributed by atoms with Gasteiger partial charge in [-0.05, 0) is 66.3 Å². The lowest BCUT2D eigenvalue weighted by atomic mass is 10.00. The van der Waals surface area contributed by atoms with Crippen molar-refractivity contribution in [2.45, 2.75) is 88.1 Å². The van der Waals surface area contributed by atoms with Crippen molar-refractivity contribution in [3.63, 3.8) is 0 Å². The lowest BCUT2D eigenvalue weighted by molar-refractivity contribution is -0.134. The minimum absolute atomic E-state index is 0.000204. The van der Waals surface area contributed by atoms with E-state index in [9.17, 15) is 28.8 Å². The van der Waals surface area contributed by atoms with E-state index in [4.69, 9.17) is 17.2 Å². The summed E-state index contributed by atoms with van der Waals surface area (Å²) in [6.07, 6.45) is 6.49. The number of hydrogen-bond acceptors (Lipinski definition) is 9. The molecule has 0 unspecified atom stereocenters. The highest BCUT2D eigenvalue weighted by Crippen LogP contribution is 2.20. The number of amides is 6. The fourth-order valence-electron chi connectivity index (χ4n) is 7.60. The monoisotopic (exact) mass is 883 g/mol. The molecule has 17 heteroatoms. The second-order valence-corrected chi connectivity index (χ2v) is 16.2. The summed E-state index contributed by atoms with van der Waals surface area (Å²) in [7, 11) is 0. The van der Waals surface area contributed by atoms with Crippen LogP contribution in [0.3, 0.4) is 0 Å². The Morgan fingerprint density at radius 2 is 1.23 bits per heavy atom. The zero-order valence-electron chi connectivity index (χ0n) is 36.2. The number of aromatic nitrogens is 3. The number of nitrogens with two attached hydrogens (primary N) is 3. The number of nitrogens with zero attached hydrogens (tertiary/aromatic N) is 1. The molecule has 0 saturated heterocycles. The van der Waals surface area contributed by atoms with E-state index in [1.807, 2.05) is 72.8 Å². The van der Waals surface area contributed by atoms with Gasteiger partial charge in [0, 0.05) is 54.7 Å². The second kappa shape index (κ2) is 22.8. The van der Waals surface area contributed by atoms with Crippen LogP contribution in [0.4, 0.5) is 0 Å². The topological polar surface area (TPSA) is 285 Å². The number of H-pyrrole nitrogens is 2. The third kappa shape index (κ3) is 13.3. The molecule has 0 aliphatic rings. The van der Waals surface area contributed by atoms with Crippen LogP contribution < -0.4 is 43.8 Å². The van der Waals surface area contributed by atoms with Gasteiger partial charge in [0.1, 0.15) is 30.2 Å². The number of carbonyl (C=O) groups excluding carboxylic acids is 6. The molecule has 340 valence electrons. The Morgan fingerprint density at radius 1 is 0.615 bits per heavy atom. The Balaban J connectivity index is 1.22. The molecular formula is C48H57N11O6. The van der Waals surface area contributed by atoms with Crippen molar-refractivity contribution in [2.75, 3.05) is 6.54 Å². The third-order valence-corrected chi connectivity index (χ3v) is 11.2. The number of primary amides is 1. The van der Waals surface area contributed by atoms with Crippen LogP contribution in [0.15, 0.2) is 116 Å². The number of rotatable bonds is 23. The van der Waals surface area contributed by atoms with Crippen molar-refractivity contribution in [3.05, 3.63) is 138 Å². The van der Waals surface area contributed by atoms with Gasteiger partial charge >= 0.3 is 0 Å². The molecule has 0 fully saturated rings. The molecule has 65 heavy (non-hydrogen) atoms. The van der Waals surface area contributed by atoms with Crippen molar-refractivity contribution >= 4 is 57.1 Å². The van der Waals surface area contributed by atoms with Crippen molar-refractivity contribution in [2.24, 2.45) is 17.2 Å². The van der Waals surface area contributed by atoms with Crippen LogP contribution in [-0.2, 0) is 54.5 Å². The first-order chi connectivity index (χ1) is 31.4. The van der Waals surface area contributed by atoms with Crippen LogP contribution in [0.2, 0.25) is 0 Å². The highest BCUT2D eigenvalue weighted by Gasteiger charge is 2.32. The molecule has 6 aromatic rings. The highest BCUT2D eigenvalue weighted by atomic mass is 16.2. The molecule has 6 atom stereocenters. The summed E-state index contributed by atoms with van der Waals surface area (Å²) < 4.78 is 0. The predicted octanol–water partition coefficient (Wildman–Crippen LogP) is 1.70. The Labute approximate surface area is 376 Å². The molecule has 0 saturated carbocycles. The minimum atomic E-state index is -1.25. The summed E-state index contributed by atoms with van der Waals surface area (Å²) in [5, 5.41) is 16.6. The van der Waals surface area contributed by atoms with Gasteiger partial charge in [-0.3, -0.25) is 28.8 Å². The number of aromatic amines is 2. The normalized spacial score (nSPS) is 14.0. The average molecular weight is 884 g/mol. The highest BCUT2D eigenvalue weighted by molar-refractivity contribution is 5.97. The molecule has 2 aromatic heterocycles. The summed E-state index contributed by atoms with van der Waals surface area (Å²) in [4.78, 5) is 92.5. The van der Waals surface area contributed by atoms with Gasteiger partial charge in [-0.25, -0.2) is 4.98 Å². The van der Waals surface area contributed by atoms with Gasteiger partial charge in [-0.15, -0.1) is 0 Å². The quantitative estimate of drug-likeness (QED) is 0.0419. The summed E-state index contributed by atoms with van der Waals surface area (Å²) in [5.41, 5.74) is 21.2. The first-order valence-electron chi connectivity index (χ1n) is 21.7. The summed E-state index contributed by atoms with van der Waals surface area (Å²) in [6, 6.07) is 23.2. The van der Waals surface area contributed by atoms with Gasteiger partial charge in [0.15, 0.2) is 0 Å². The summed E-state index contributed by atoms with van der Waals surface area (Å²) >= 11 is 0. The van der Waals surface area contributed by atoms with E-state index in [0.29, 0.717) is 30.6 Å². The van der Waals surface area contributed by atoms with Gasteiger partial charge in [-0.2, -0.15) is 0 Å². The molecule has 6 amide bonds. The molecule has 0 aliphatic carbocycles. The molecule has 6 rings (SSSR count). The van der Waals surface area contributed by atoms with Crippen molar-refractivity contribution < 1.29 is 28.8 Å². The maximum absolute atomic E-state index is 14.5. The lowest BCUT2D eigenvalue weighted by Gasteiger charge is -2.26. The number of nitrogens with one attached hydrogen (secondary N) is 7. The van der Waals surface area contributed by atoms with E-state index in [0.717, 1.165) is 32.8 Å². The number of carbonyl (C=O) groups is 6. The van der Waals surface area contributed by atoms with E-state index in [1.165, 1.54) is 13.3 Å². The van der Waals surface area contributed by atoms with E-state index in [-0.39, 0.29) is 32.1 Å². The first-order valence-corrected chi connectivity index (χ1v) is 21.7. The summed E-state index contributed by atoms with van der Waals surface area (Å²) in [5.74, 6) is -4.00. The van der Waals surface area contributed by atoms with E-state index >= 15 is 0 Å². The van der Waals surface area contributed by atoms with Crippen LogP contribution in [-0.4, -0.2) is 93.2 Å². The predicted molar refractivity (Wildman–Crippen MR) is 247 cm³/mol. The average Bonchev–Trinajstić information content (AvgIpc) is 3.98. The molecule has 0 bridgehead atoms. The van der Waals surface area contributed by atoms with Crippen molar-refractivity contribution in [1.82, 2.24) is 41.5 Å². The Kier molecular flexibility index (Phi) is 16.5. The number of para-hydroxylation sites is 1. The zero-order chi connectivity index (χ0) is 46.3. The largest absolute Gasteiger partial charge is 0.368 e. The number of hydrogen-bond donors (Lipinski definition) is 10. The molecule has 0 spiro atoms. The molecule has 4 aromatic carbocycles. The van der Waals surface area contributed by atoms with Crippen molar-refractivity contribution in [3.8, 4) is 0 Å². The van der Waals surface area contributed by atoms with Crippen LogP contribution >= 0.6 is 0 Å². The molecule has 2 heterocycles. The number of benzene rings is 4. The zero-order valence-corrected chi connectivity index (χ0v) is 36.2. The molecular weight excluding hydrogens is 827 g/mol. The maximum atomic E-state index is 14.5. The third-order valence-electron chi connectivity index (χ3n) is 11.2. The van der Waals surface area contributed by atoms with E-state index < -0.39 is 71.7 Å². The molecule has 0 radical (unpaired) electrons. The first kappa shape index (κ1) is 47.1. The van der Waals surface area contributed by atoms with Crippen molar-refractivity contribution in [1.29, 1.82) is 0 Å². The van der Waals surface area contributed by atoms with Gasteiger partial charge in [0.05, 0.1) is 12.4 Å². The minimum Gasteiger partial charge on any atom is -0.368 e. The van der Waals surface area contributed by atoms with Crippen LogP contribution in [0.5, 0.6) is 0 Å². The summed E-state index contributed by atoms with van der Waals surface area (Å²) in [6.45, 7) is 1.87. The number of unbranched alkanes of at least 4 members (excludes halogenated alkanes) is 1. The molecule has 13 N–H and O–H groups in total. The van der Waals surface area contributed by atoms with Gasteiger partial charge < -0.3 is 53.8 Å². The van der Waals surface area contributed by atoms with E-state index in [2.05, 4.69) is 41.5 Å². The van der Waals surface area contributed by atoms with Crippen LogP contribution in [0.1, 0.15) is 48.6 Å². The number of fused-ring (bicyclic) bond motifs is 2.